The molecular weight excluding hydrogens is 331 g/mol. The lowest BCUT2D eigenvalue weighted by molar-refractivity contribution is 0.0483. The quantitative estimate of drug-likeness (QED) is 0.444. The van der Waals surface area contributed by atoms with Gasteiger partial charge in [-0.2, -0.15) is 0 Å². The summed E-state index contributed by atoms with van der Waals surface area (Å²) in [5.74, 6) is 1.04. The van der Waals surface area contributed by atoms with Crippen LogP contribution in [0.4, 0.5) is 0 Å². The number of halogens is 3. The fraction of sp³-hybridized carbons (Fsp3) is 0.562. The van der Waals surface area contributed by atoms with Gasteiger partial charge in [0.2, 0.25) is 0 Å². The Labute approximate surface area is 140 Å². The third-order valence-electron chi connectivity index (χ3n) is 3.82. The normalized spacial score (nSPS) is 15.8. The van der Waals surface area contributed by atoms with E-state index in [1.807, 2.05) is 0 Å². The Morgan fingerprint density at radius 2 is 2.00 bits per heavy atom. The Hall–Kier alpha value is -0.440. The molecule has 0 radical (unpaired) electrons. The number of hydrogen-bond acceptors (Lipinski definition) is 2. The van der Waals surface area contributed by atoms with Crippen LogP contribution in [0.1, 0.15) is 49.4 Å². The van der Waals surface area contributed by atoms with E-state index in [-0.39, 0.29) is 15.6 Å². The average molecular weight is 350 g/mol. The van der Waals surface area contributed by atoms with Crippen molar-refractivity contribution in [3.05, 3.63) is 32.8 Å². The van der Waals surface area contributed by atoms with Crippen LogP contribution in [0.5, 0.6) is 0 Å². The number of hydrogen-bond donors (Lipinski definition) is 0. The summed E-state index contributed by atoms with van der Waals surface area (Å²) in [5, 5.41) is 0.816. The summed E-state index contributed by atoms with van der Waals surface area (Å²) in [6.07, 6.45) is 6.13. The van der Waals surface area contributed by atoms with Crippen LogP contribution in [0.2, 0.25) is 15.1 Å². The van der Waals surface area contributed by atoms with Crippen molar-refractivity contribution in [1.82, 2.24) is 0 Å². The van der Waals surface area contributed by atoms with Gasteiger partial charge >= 0.3 is 5.97 Å². The molecule has 1 unspecified atom stereocenters. The molecule has 2 nitrogen and oxygen atoms in total. The predicted molar refractivity (Wildman–Crippen MR) is 87.5 cm³/mol. The van der Waals surface area contributed by atoms with E-state index >= 15 is 0 Å². The molecule has 1 aliphatic carbocycles. The van der Waals surface area contributed by atoms with Crippen molar-refractivity contribution < 1.29 is 9.53 Å². The molecule has 0 aromatic heterocycles. The van der Waals surface area contributed by atoms with Gasteiger partial charge in [-0.1, -0.05) is 67.4 Å². The van der Waals surface area contributed by atoms with E-state index in [1.54, 1.807) is 0 Å². The maximum Gasteiger partial charge on any atom is 0.339 e. The zero-order chi connectivity index (χ0) is 15.4. The van der Waals surface area contributed by atoms with Gasteiger partial charge in [-0.3, -0.25) is 0 Å². The molecule has 116 valence electrons. The SMILES string of the molecule is CC(CCOC(=O)c1cc(Cl)cc(Cl)c1Cl)CCC1CC1. The number of esters is 1. The summed E-state index contributed by atoms with van der Waals surface area (Å²) in [7, 11) is 0. The fourth-order valence-electron chi connectivity index (χ4n) is 2.21. The van der Waals surface area contributed by atoms with Gasteiger partial charge in [0, 0.05) is 5.02 Å². The highest BCUT2D eigenvalue weighted by molar-refractivity contribution is 6.45. The predicted octanol–water partition coefficient (Wildman–Crippen LogP) is 6.02. The molecule has 1 fully saturated rings. The lowest BCUT2D eigenvalue weighted by Crippen LogP contribution is -2.10. The zero-order valence-corrected chi connectivity index (χ0v) is 14.3. The van der Waals surface area contributed by atoms with Gasteiger partial charge in [0.1, 0.15) is 0 Å². The summed E-state index contributed by atoms with van der Waals surface area (Å²) in [6.45, 7) is 2.59. The average Bonchev–Trinajstić information content (AvgIpc) is 3.24. The molecule has 1 aromatic rings. The minimum Gasteiger partial charge on any atom is -0.462 e. The molecule has 0 spiro atoms. The topological polar surface area (TPSA) is 26.3 Å². The molecule has 2 rings (SSSR count). The first-order valence-corrected chi connectivity index (χ1v) is 8.42. The van der Waals surface area contributed by atoms with Crippen LogP contribution in [-0.4, -0.2) is 12.6 Å². The Kier molecular flexibility index (Phi) is 6.21. The monoisotopic (exact) mass is 348 g/mol. The summed E-state index contributed by atoms with van der Waals surface area (Å²) >= 11 is 17.8. The molecule has 21 heavy (non-hydrogen) atoms. The lowest BCUT2D eigenvalue weighted by atomic mass is 10.0. The summed E-state index contributed by atoms with van der Waals surface area (Å²) < 4.78 is 5.27. The summed E-state index contributed by atoms with van der Waals surface area (Å²) in [5.41, 5.74) is 0.222. The van der Waals surface area contributed by atoms with E-state index in [2.05, 4.69) is 6.92 Å². The van der Waals surface area contributed by atoms with Crippen molar-refractivity contribution in [1.29, 1.82) is 0 Å². The largest absolute Gasteiger partial charge is 0.462 e. The van der Waals surface area contributed by atoms with Crippen molar-refractivity contribution in [2.45, 2.75) is 39.0 Å². The highest BCUT2D eigenvalue weighted by Gasteiger charge is 2.21. The van der Waals surface area contributed by atoms with Gasteiger partial charge in [0.05, 0.1) is 22.2 Å². The molecule has 1 aliphatic rings. The summed E-state index contributed by atoms with van der Waals surface area (Å²) in [6, 6.07) is 2.98. The van der Waals surface area contributed by atoms with Gasteiger partial charge in [0.25, 0.3) is 0 Å². The van der Waals surface area contributed by atoms with E-state index in [1.165, 1.54) is 37.8 Å². The Balaban J connectivity index is 1.78. The number of carbonyl (C=O) groups excluding carboxylic acids is 1. The van der Waals surface area contributed by atoms with Crippen molar-refractivity contribution in [2.75, 3.05) is 6.61 Å². The molecule has 0 heterocycles. The third-order valence-corrected chi connectivity index (χ3v) is 4.84. The van der Waals surface area contributed by atoms with Crippen molar-refractivity contribution >= 4 is 40.8 Å². The minimum atomic E-state index is -0.473. The Bertz CT molecular complexity index is 512. The second-order valence-corrected chi connectivity index (χ2v) is 7.02. The number of ether oxygens (including phenoxy) is 1. The highest BCUT2D eigenvalue weighted by Crippen LogP contribution is 2.35. The molecule has 0 N–H and O–H groups in total. The first kappa shape index (κ1) is 16.9. The van der Waals surface area contributed by atoms with Crippen LogP contribution >= 0.6 is 34.8 Å². The molecule has 0 saturated heterocycles. The van der Waals surface area contributed by atoms with Crippen molar-refractivity contribution in [3.8, 4) is 0 Å². The van der Waals surface area contributed by atoms with Crippen molar-refractivity contribution in [2.24, 2.45) is 11.8 Å². The second-order valence-electron chi connectivity index (χ2n) is 5.80. The third kappa shape index (κ3) is 5.36. The molecule has 1 atom stereocenters. The van der Waals surface area contributed by atoms with Crippen LogP contribution in [-0.2, 0) is 4.74 Å². The van der Waals surface area contributed by atoms with Gasteiger partial charge in [-0.05, 0) is 30.4 Å². The lowest BCUT2D eigenvalue weighted by Gasteiger charge is -2.12. The molecule has 0 bridgehead atoms. The second kappa shape index (κ2) is 7.71. The number of rotatable bonds is 7. The van der Waals surface area contributed by atoms with Crippen LogP contribution in [0.25, 0.3) is 0 Å². The van der Waals surface area contributed by atoms with Crippen LogP contribution in [0, 0.1) is 11.8 Å². The maximum absolute atomic E-state index is 12.0. The minimum absolute atomic E-state index is 0.188. The van der Waals surface area contributed by atoms with E-state index < -0.39 is 5.97 Å². The van der Waals surface area contributed by atoms with E-state index in [4.69, 9.17) is 39.5 Å². The maximum atomic E-state index is 12.0. The molecule has 0 amide bonds. The molecular formula is C16H19Cl3O2. The zero-order valence-electron chi connectivity index (χ0n) is 12.0. The first-order valence-electron chi connectivity index (χ1n) is 7.29. The smallest absolute Gasteiger partial charge is 0.339 e. The Morgan fingerprint density at radius 1 is 1.29 bits per heavy atom. The number of benzene rings is 1. The highest BCUT2D eigenvalue weighted by atomic mass is 35.5. The van der Waals surface area contributed by atoms with E-state index in [0.29, 0.717) is 17.5 Å². The van der Waals surface area contributed by atoms with Crippen LogP contribution < -0.4 is 0 Å². The van der Waals surface area contributed by atoms with Crippen LogP contribution in [0.15, 0.2) is 12.1 Å². The fourth-order valence-corrected chi connectivity index (χ4v) is 2.89. The van der Waals surface area contributed by atoms with Gasteiger partial charge in [0.15, 0.2) is 0 Å². The van der Waals surface area contributed by atoms with Gasteiger partial charge in [-0.15, -0.1) is 0 Å². The Morgan fingerprint density at radius 3 is 2.67 bits per heavy atom. The molecule has 1 saturated carbocycles. The van der Waals surface area contributed by atoms with Gasteiger partial charge < -0.3 is 4.74 Å². The van der Waals surface area contributed by atoms with E-state index in [0.717, 1.165) is 12.3 Å². The van der Waals surface area contributed by atoms with E-state index in [9.17, 15) is 4.79 Å². The molecule has 1 aromatic carbocycles. The first-order chi connectivity index (χ1) is 9.97. The summed E-state index contributed by atoms with van der Waals surface area (Å²) in [4.78, 5) is 12.0. The van der Waals surface area contributed by atoms with Crippen molar-refractivity contribution in [3.63, 3.8) is 0 Å². The van der Waals surface area contributed by atoms with Gasteiger partial charge in [-0.25, -0.2) is 4.79 Å². The van der Waals surface area contributed by atoms with Crippen LogP contribution in [0.3, 0.4) is 0 Å². The number of carbonyl (C=O) groups is 1. The standard InChI is InChI=1S/C16H19Cl3O2/c1-10(2-3-11-4-5-11)6-7-21-16(20)13-8-12(17)9-14(18)15(13)19/h8-11H,2-7H2,1H3. The molecule has 0 aliphatic heterocycles. The molecule has 5 heteroatoms.